The van der Waals surface area contributed by atoms with Crippen molar-refractivity contribution in [3.05, 3.63) is 46.1 Å². The van der Waals surface area contributed by atoms with Gasteiger partial charge in [-0.1, -0.05) is 30.0 Å². The number of nitrogens with zero attached hydrogens (tertiary/aromatic N) is 3. The molecule has 0 radical (unpaired) electrons. The van der Waals surface area contributed by atoms with Gasteiger partial charge in [-0.3, -0.25) is 4.79 Å². The summed E-state index contributed by atoms with van der Waals surface area (Å²) >= 11 is 3.32. The van der Waals surface area contributed by atoms with Gasteiger partial charge in [0.05, 0.1) is 5.75 Å². The van der Waals surface area contributed by atoms with E-state index in [4.69, 9.17) is 9.97 Å². The summed E-state index contributed by atoms with van der Waals surface area (Å²) in [6.07, 6.45) is 3.29. The number of benzene rings is 1. The minimum absolute atomic E-state index is 0.159. The molecular weight excluding hydrogens is 386 g/mol. The van der Waals surface area contributed by atoms with Gasteiger partial charge in [-0.15, -0.1) is 11.3 Å². The number of thioether (sulfide) groups is 1. The Morgan fingerprint density at radius 2 is 2.04 bits per heavy atom. The zero-order valence-corrected chi connectivity index (χ0v) is 18.0. The Balaban J connectivity index is 1.44. The quantitative estimate of drug-likeness (QED) is 0.436. The van der Waals surface area contributed by atoms with Crippen LogP contribution < -0.4 is 4.90 Å². The van der Waals surface area contributed by atoms with Gasteiger partial charge in [0.2, 0.25) is 5.91 Å². The highest BCUT2D eigenvalue weighted by molar-refractivity contribution is 8.00. The molecule has 0 N–H and O–H groups in total. The van der Waals surface area contributed by atoms with Gasteiger partial charge in [-0.2, -0.15) is 0 Å². The number of anilines is 1. The molecule has 5 rings (SSSR count). The van der Waals surface area contributed by atoms with Gasteiger partial charge in [0.15, 0.2) is 0 Å². The number of thiophene rings is 1. The van der Waals surface area contributed by atoms with Crippen molar-refractivity contribution in [2.45, 2.75) is 57.0 Å². The van der Waals surface area contributed by atoms with E-state index in [1.165, 1.54) is 28.8 Å². The van der Waals surface area contributed by atoms with Crippen LogP contribution in [0.1, 0.15) is 47.5 Å². The normalized spacial score (nSPS) is 18.7. The molecule has 1 fully saturated rings. The van der Waals surface area contributed by atoms with Gasteiger partial charge in [-0.05, 0) is 57.2 Å². The van der Waals surface area contributed by atoms with E-state index in [2.05, 4.69) is 32.9 Å². The number of amides is 1. The highest BCUT2D eigenvalue weighted by Crippen LogP contribution is 2.42. The van der Waals surface area contributed by atoms with Gasteiger partial charge < -0.3 is 4.90 Å². The maximum Gasteiger partial charge on any atom is 0.237 e. The molecule has 1 aliphatic carbocycles. The summed E-state index contributed by atoms with van der Waals surface area (Å²) < 4.78 is 0. The summed E-state index contributed by atoms with van der Waals surface area (Å²) in [6.45, 7) is 6.41. The fraction of sp³-hybridized carbons (Fsp3) is 0.409. The van der Waals surface area contributed by atoms with E-state index >= 15 is 0 Å². The second-order valence-electron chi connectivity index (χ2n) is 7.86. The Morgan fingerprint density at radius 3 is 2.82 bits per heavy atom. The van der Waals surface area contributed by atoms with Gasteiger partial charge in [-0.25, -0.2) is 9.97 Å². The van der Waals surface area contributed by atoms with Crippen LogP contribution in [-0.2, 0) is 11.2 Å². The molecule has 0 unspecified atom stereocenters. The number of hydrogen-bond acceptors (Lipinski definition) is 5. The van der Waals surface area contributed by atoms with Crippen molar-refractivity contribution < 1.29 is 4.79 Å². The summed E-state index contributed by atoms with van der Waals surface area (Å²) in [5.41, 5.74) is 3.57. The molecule has 2 aliphatic rings. The number of hydrogen-bond donors (Lipinski definition) is 0. The summed E-state index contributed by atoms with van der Waals surface area (Å²) in [5, 5.41) is 2.11. The molecular formula is C22H23N3OS2. The second kappa shape index (κ2) is 6.85. The summed E-state index contributed by atoms with van der Waals surface area (Å²) in [4.78, 5) is 27.1. The predicted molar refractivity (Wildman–Crippen MR) is 117 cm³/mol. The van der Waals surface area contributed by atoms with Crippen LogP contribution in [0.2, 0.25) is 0 Å². The van der Waals surface area contributed by atoms with Gasteiger partial charge in [0.25, 0.3) is 0 Å². The van der Waals surface area contributed by atoms with E-state index in [0.717, 1.165) is 33.2 Å². The molecule has 28 heavy (non-hydrogen) atoms. The lowest BCUT2D eigenvalue weighted by Gasteiger charge is -2.22. The molecule has 1 atom stereocenters. The van der Waals surface area contributed by atoms with E-state index in [-0.39, 0.29) is 11.9 Å². The zero-order chi connectivity index (χ0) is 19.4. The first kappa shape index (κ1) is 18.1. The lowest BCUT2D eigenvalue weighted by atomic mass is 10.1. The van der Waals surface area contributed by atoms with Crippen LogP contribution >= 0.6 is 23.1 Å². The van der Waals surface area contributed by atoms with Crippen molar-refractivity contribution >= 4 is 44.9 Å². The fourth-order valence-corrected chi connectivity index (χ4v) is 6.05. The summed E-state index contributed by atoms with van der Waals surface area (Å²) in [7, 11) is 0. The average Bonchev–Trinajstić information content (AvgIpc) is 3.41. The van der Waals surface area contributed by atoms with Crippen LogP contribution in [0.4, 0.5) is 5.69 Å². The third-order valence-electron chi connectivity index (χ3n) is 5.76. The maximum atomic E-state index is 13.1. The number of aromatic nitrogens is 2. The Labute approximate surface area is 173 Å². The first-order valence-electron chi connectivity index (χ1n) is 9.83. The lowest BCUT2D eigenvalue weighted by Crippen LogP contribution is -2.37. The second-order valence-corrected chi connectivity index (χ2v) is 10.0. The molecule has 1 aromatic carbocycles. The lowest BCUT2D eigenvalue weighted by molar-refractivity contribution is -0.116. The molecule has 1 saturated carbocycles. The van der Waals surface area contributed by atoms with E-state index in [0.29, 0.717) is 11.7 Å². The fourth-order valence-electron chi connectivity index (χ4n) is 4.00. The Morgan fingerprint density at radius 1 is 1.25 bits per heavy atom. The first-order valence-corrected chi connectivity index (χ1v) is 11.6. The van der Waals surface area contributed by atoms with Crippen molar-refractivity contribution in [3.63, 3.8) is 0 Å². The number of para-hydroxylation sites is 1. The van der Waals surface area contributed by atoms with Crippen LogP contribution in [0.5, 0.6) is 0 Å². The van der Waals surface area contributed by atoms with Crippen molar-refractivity contribution in [1.29, 1.82) is 0 Å². The van der Waals surface area contributed by atoms with Gasteiger partial charge in [0.1, 0.15) is 15.7 Å². The van der Waals surface area contributed by atoms with Crippen LogP contribution in [0.3, 0.4) is 0 Å². The van der Waals surface area contributed by atoms with Crippen molar-refractivity contribution in [1.82, 2.24) is 9.97 Å². The zero-order valence-electron chi connectivity index (χ0n) is 16.4. The Hall–Kier alpha value is -1.92. The first-order chi connectivity index (χ1) is 13.5. The van der Waals surface area contributed by atoms with Gasteiger partial charge in [0, 0.05) is 27.9 Å². The number of fused-ring (bicyclic) bond motifs is 2. The molecule has 144 valence electrons. The smallest absolute Gasteiger partial charge is 0.237 e. The largest absolute Gasteiger partial charge is 0.308 e. The molecule has 3 heterocycles. The van der Waals surface area contributed by atoms with Crippen LogP contribution in [0.15, 0.2) is 29.3 Å². The third-order valence-corrected chi connectivity index (χ3v) is 7.82. The van der Waals surface area contributed by atoms with Crippen molar-refractivity contribution in [2.24, 2.45) is 0 Å². The number of aryl methyl sites for hydroxylation is 2. The Kier molecular flexibility index (Phi) is 4.43. The molecule has 6 heteroatoms. The molecule has 4 nitrogen and oxygen atoms in total. The number of carbonyl (C=O) groups excluding carboxylic acids is 1. The van der Waals surface area contributed by atoms with Crippen LogP contribution in [-0.4, -0.2) is 27.7 Å². The van der Waals surface area contributed by atoms with E-state index < -0.39 is 0 Å². The SMILES string of the molecule is Cc1sc2nc(C3CC3)nc(SCC(=O)N3c4ccccc4C[C@H]3C)c2c1C. The molecule has 3 aromatic rings. The minimum Gasteiger partial charge on any atom is -0.308 e. The highest BCUT2D eigenvalue weighted by atomic mass is 32.2. The van der Waals surface area contributed by atoms with Crippen LogP contribution in [0, 0.1) is 13.8 Å². The van der Waals surface area contributed by atoms with E-state index in [1.807, 2.05) is 17.0 Å². The average molecular weight is 410 g/mol. The summed E-state index contributed by atoms with van der Waals surface area (Å²) in [5.74, 6) is 2.03. The van der Waals surface area contributed by atoms with E-state index in [1.54, 1.807) is 23.1 Å². The standard InChI is InChI=1S/C22H23N3OS2/c1-12-10-16-6-4-5-7-17(16)25(12)18(26)11-27-21-19-13(2)14(3)28-22(19)24-20(23-21)15-8-9-15/h4-7,12,15H,8-11H2,1-3H3/t12-/m1/s1. The molecule has 1 amide bonds. The van der Waals surface area contributed by atoms with Crippen molar-refractivity contribution in [2.75, 3.05) is 10.7 Å². The molecule has 1 aliphatic heterocycles. The maximum absolute atomic E-state index is 13.1. The Bertz CT molecular complexity index is 1090. The highest BCUT2D eigenvalue weighted by Gasteiger charge is 2.31. The molecule has 0 saturated heterocycles. The van der Waals surface area contributed by atoms with E-state index in [9.17, 15) is 4.79 Å². The van der Waals surface area contributed by atoms with Gasteiger partial charge >= 0.3 is 0 Å². The van der Waals surface area contributed by atoms with Crippen LogP contribution in [0.25, 0.3) is 10.2 Å². The minimum atomic E-state index is 0.159. The predicted octanol–water partition coefficient (Wildman–Crippen LogP) is 5.26. The number of rotatable bonds is 4. The molecule has 0 spiro atoms. The summed E-state index contributed by atoms with van der Waals surface area (Å²) in [6, 6.07) is 8.45. The monoisotopic (exact) mass is 409 g/mol. The molecule has 0 bridgehead atoms. The van der Waals surface area contributed by atoms with Crippen molar-refractivity contribution in [3.8, 4) is 0 Å². The molecule has 2 aromatic heterocycles. The topological polar surface area (TPSA) is 46.1 Å². The number of carbonyl (C=O) groups is 1. The third kappa shape index (κ3) is 3.03.